The summed E-state index contributed by atoms with van der Waals surface area (Å²) in [7, 11) is 0. The van der Waals surface area contributed by atoms with Crippen LogP contribution in [0.1, 0.15) is 30.7 Å². The quantitative estimate of drug-likeness (QED) is 0.859. The molecule has 0 radical (unpaired) electrons. The Morgan fingerprint density at radius 1 is 1.12 bits per heavy atom. The van der Waals surface area contributed by atoms with Crippen molar-refractivity contribution in [1.29, 1.82) is 0 Å². The first-order chi connectivity index (χ1) is 8.24. The number of nitrogens with zero attached hydrogens (tertiary/aromatic N) is 1. The van der Waals surface area contributed by atoms with Crippen LogP contribution in [0.2, 0.25) is 0 Å². The van der Waals surface area contributed by atoms with E-state index in [1.165, 1.54) is 16.5 Å². The molecule has 0 spiro atoms. The molecule has 2 rings (SSSR count). The lowest BCUT2D eigenvalue weighted by Gasteiger charge is -2.11. The smallest absolute Gasteiger partial charge is 0.0708 e. The topological polar surface area (TPSA) is 33.1 Å². The zero-order valence-electron chi connectivity index (χ0n) is 11.1. The molecule has 0 amide bonds. The molecule has 0 fully saturated rings. The van der Waals surface area contributed by atoms with E-state index in [9.17, 15) is 0 Å². The zero-order valence-corrected chi connectivity index (χ0v) is 11.1. The number of hydrogen-bond donors (Lipinski definition) is 1. The number of rotatable bonds is 2. The number of hydrogen-bond acceptors (Lipinski definition) is 2. The predicted molar refractivity (Wildman–Crippen MR) is 73.4 cm³/mol. The second-order valence-electron chi connectivity index (χ2n) is 3.79. The van der Waals surface area contributed by atoms with E-state index in [1.54, 1.807) is 0 Å². The Morgan fingerprint density at radius 2 is 1.76 bits per heavy atom. The van der Waals surface area contributed by atoms with Crippen LogP contribution < -0.4 is 0 Å². The van der Waals surface area contributed by atoms with Gasteiger partial charge in [-0.1, -0.05) is 32.0 Å². The van der Waals surface area contributed by atoms with Crippen molar-refractivity contribution in [3.63, 3.8) is 0 Å². The molecule has 2 nitrogen and oxygen atoms in total. The van der Waals surface area contributed by atoms with Crippen LogP contribution in [-0.2, 0) is 6.42 Å². The molecule has 0 aliphatic carbocycles. The molecule has 1 N–H and O–H groups in total. The SMILES string of the molecule is CC.Cc1nc2ccccc2c(C)c1CCO. The third-order valence-electron chi connectivity index (χ3n) is 2.85. The molecule has 0 aliphatic rings. The maximum atomic E-state index is 9.01. The number of fused-ring (bicyclic) bond motifs is 1. The average molecular weight is 231 g/mol. The first-order valence-corrected chi connectivity index (χ1v) is 6.19. The largest absolute Gasteiger partial charge is 0.396 e. The van der Waals surface area contributed by atoms with Crippen molar-refractivity contribution in [2.24, 2.45) is 0 Å². The lowest BCUT2D eigenvalue weighted by molar-refractivity contribution is 0.299. The molecular weight excluding hydrogens is 210 g/mol. The van der Waals surface area contributed by atoms with Crippen LogP contribution >= 0.6 is 0 Å². The van der Waals surface area contributed by atoms with Crippen molar-refractivity contribution in [3.8, 4) is 0 Å². The molecule has 1 aromatic carbocycles. The first-order valence-electron chi connectivity index (χ1n) is 6.19. The van der Waals surface area contributed by atoms with E-state index in [2.05, 4.69) is 18.0 Å². The third kappa shape index (κ3) is 2.83. The number of benzene rings is 1. The van der Waals surface area contributed by atoms with Crippen molar-refractivity contribution in [2.45, 2.75) is 34.1 Å². The van der Waals surface area contributed by atoms with Gasteiger partial charge in [0, 0.05) is 17.7 Å². The van der Waals surface area contributed by atoms with Gasteiger partial charge in [0.05, 0.1) is 5.52 Å². The molecule has 0 saturated carbocycles. The normalized spacial score (nSPS) is 9.94. The molecular formula is C15H21NO. The summed E-state index contributed by atoms with van der Waals surface area (Å²) in [5.41, 5.74) is 4.48. The Labute approximate surface area is 103 Å². The van der Waals surface area contributed by atoms with E-state index in [4.69, 9.17) is 5.11 Å². The van der Waals surface area contributed by atoms with Crippen molar-refractivity contribution in [2.75, 3.05) is 6.61 Å². The van der Waals surface area contributed by atoms with Crippen molar-refractivity contribution >= 4 is 10.9 Å². The molecule has 92 valence electrons. The van der Waals surface area contributed by atoms with Gasteiger partial charge in [0.25, 0.3) is 0 Å². The van der Waals surface area contributed by atoms with Crippen molar-refractivity contribution in [1.82, 2.24) is 4.98 Å². The molecule has 0 bridgehead atoms. The van der Waals surface area contributed by atoms with E-state index >= 15 is 0 Å². The van der Waals surface area contributed by atoms with Gasteiger partial charge in [0.2, 0.25) is 0 Å². The fraction of sp³-hybridized carbons (Fsp3) is 0.400. The minimum Gasteiger partial charge on any atom is -0.396 e. The minimum absolute atomic E-state index is 0.182. The minimum atomic E-state index is 0.182. The molecule has 1 heterocycles. The summed E-state index contributed by atoms with van der Waals surface area (Å²) in [4.78, 5) is 4.54. The predicted octanol–water partition coefficient (Wildman–Crippen LogP) is 3.41. The van der Waals surface area contributed by atoms with Crippen molar-refractivity contribution < 1.29 is 5.11 Å². The summed E-state index contributed by atoms with van der Waals surface area (Å²) in [5.74, 6) is 0. The lowest BCUT2D eigenvalue weighted by Crippen LogP contribution is -2.01. The summed E-state index contributed by atoms with van der Waals surface area (Å²) >= 11 is 0. The van der Waals surface area contributed by atoms with Crippen LogP contribution in [-0.4, -0.2) is 16.7 Å². The van der Waals surface area contributed by atoms with Gasteiger partial charge in [-0.3, -0.25) is 4.98 Å². The Bertz CT molecular complexity index is 491. The van der Waals surface area contributed by atoms with Crippen LogP contribution in [0.25, 0.3) is 10.9 Å². The van der Waals surface area contributed by atoms with Crippen molar-refractivity contribution in [3.05, 3.63) is 41.1 Å². The summed E-state index contributed by atoms with van der Waals surface area (Å²) in [6, 6.07) is 8.13. The summed E-state index contributed by atoms with van der Waals surface area (Å²) in [6.07, 6.45) is 0.690. The Kier molecular flexibility index (Phi) is 5.11. The fourth-order valence-corrected chi connectivity index (χ4v) is 2.05. The fourth-order valence-electron chi connectivity index (χ4n) is 2.05. The van der Waals surface area contributed by atoms with Gasteiger partial charge in [-0.25, -0.2) is 0 Å². The number of para-hydroxylation sites is 1. The molecule has 2 aromatic rings. The van der Waals surface area contributed by atoms with E-state index < -0.39 is 0 Å². The van der Waals surface area contributed by atoms with Crippen LogP contribution in [0.15, 0.2) is 24.3 Å². The van der Waals surface area contributed by atoms with E-state index in [0.29, 0.717) is 6.42 Å². The Hall–Kier alpha value is -1.41. The Balaban J connectivity index is 0.000000686. The molecule has 0 atom stereocenters. The number of aryl methyl sites for hydroxylation is 2. The number of aromatic nitrogens is 1. The second-order valence-corrected chi connectivity index (χ2v) is 3.79. The molecule has 17 heavy (non-hydrogen) atoms. The second kappa shape index (κ2) is 6.36. The molecule has 0 saturated heterocycles. The number of aliphatic hydroxyl groups excluding tert-OH is 1. The highest BCUT2D eigenvalue weighted by Crippen LogP contribution is 2.22. The van der Waals surface area contributed by atoms with Gasteiger partial charge in [0.15, 0.2) is 0 Å². The highest BCUT2D eigenvalue weighted by molar-refractivity contribution is 5.83. The van der Waals surface area contributed by atoms with Gasteiger partial charge >= 0.3 is 0 Å². The van der Waals surface area contributed by atoms with E-state index in [1.807, 2.05) is 39.0 Å². The monoisotopic (exact) mass is 231 g/mol. The van der Waals surface area contributed by atoms with Gasteiger partial charge in [0.1, 0.15) is 0 Å². The average Bonchev–Trinajstić information content (AvgIpc) is 2.37. The van der Waals surface area contributed by atoms with Crippen LogP contribution in [0.4, 0.5) is 0 Å². The molecule has 1 aromatic heterocycles. The number of aliphatic hydroxyl groups is 1. The zero-order chi connectivity index (χ0) is 12.8. The number of pyridine rings is 1. The summed E-state index contributed by atoms with van der Waals surface area (Å²) < 4.78 is 0. The van der Waals surface area contributed by atoms with E-state index in [0.717, 1.165) is 11.2 Å². The molecule has 0 aliphatic heterocycles. The van der Waals surface area contributed by atoms with E-state index in [-0.39, 0.29) is 6.61 Å². The summed E-state index contributed by atoms with van der Waals surface area (Å²) in [6.45, 7) is 8.29. The van der Waals surface area contributed by atoms with Gasteiger partial charge in [-0.15, -0.1) is 0 Å². The standard InChI is InChI=1S/C13H15NO.C2H6/c1-9-11(7-8-15)10(2)14-13-6-4-3-5-12(9)13;1-2/h3-6,15H,7-8H2,1-2H3;1-2H3. The highest BCUT2D eigenvalue weighted by atomic mass is 16.2. The van der Waals surface area contributed by atoms with Crippen LogP contribution in [0.3, 0.4) is 0 Å². The molecule has 2 heteroatoms. The Morgan fingerprint density at radius 3 is 2.41 bits per heavy atom. The maximum Gasteiger partial charge on any atom is 0.0708 e. The van der Waals surface area contributed by atoms with Gasteiger partial charge in [-0.2, -0.15) is 0 Å². The highest BCUT2D eigenvalue weighted by Gasteiger charge is 2.07. The van der Waals surface area contributed by atoms with Crippen LogP contribution in [0, 0.1) is 13.8 Å². The lowest BCUT2D eigenvalue weighted by atomic mass is 10.00. The maximum absolute atomic E-state index is 9.01. The summed E-state index contributed by atoms with van der Waals surface area (Å²) in [5, 5.41) is 10.2. The molecule has 0 unspecified atom stereocenters. The first kappa shape index (κ1) is 13.7. The van der Waals surface area contributed by atoms with Crippen LogP contribution in [0.5, 0.6) is 0 Å². The van der Waals surface area contributed by atoms with Gasteiger partial charge in [-0.05, 0) is 37.5 Å². The van der Waals surface area contributed by atoms with Gasteiger partial charge < -0.3 is 5.11 Å². The third-order valence-corrected chi connectivity index (χ3v) is 2.85.